The van der Waals surface area contributed by atoms with Crippen LogP contribution in [0, 0.1) is 5.92 Å². The zero-order valence-corrected chi connectivity index (χ0v) is 11.0. The molecule has 0 spiro atoms. The van der Waals surface area contributed by atoms with Crippen molar-refractivity contribution in [2.24, 2.45) is 5.92 Å². The van der Waals surface area contributed by atoms with E-state index in [9.17, 15) is 0 Å². The van der Waals surface area contributed by atoms with E-state index in [1.807, 2.05) is 50.3 Å². The van der Waals surface area contributed by atoms with Gasteiger partial charge < -0.3 is 9.47 Å². The van der Waals surface area contributed by atoms with Crippen LogP contribution < -0.4 is 9.47 Å². The fraction of sp³-hybridized carbons (Fsp3) is 0.250. The highest BCUT2D eigenvalue weighted by Crippen LogP contribution is 2.36. The molecule has 2 heteroatoms. The fourth-order valence-corrected chi connectivity index (χ4v) is 1.73. The first-order valence-electron chi connectivity index (χ1n) is 6.38. The molecule has 94 valence electrons. The fourth-order valence-electron chi connectivity index (χ4n) is 1.73. The third-order valence-electron chi connectivity index (χ3n) is 2.63. The summed E-state index contributed by atoms with van der Waals surface area (Å²) in [5.41, 5.74) is 0. The summed E-state index contributed by atoms with van der Waals surface area (Å²) >= 11 is 0. The largest absolute Gasteiger partial charge is 0.450 e. The molecule has 0 saturated heterocycles. The number of ether oxygens (including phenoxy) is 2. The monoisotopic (exact) mass is 242 g/mol. The number of hydrogen-bond donors (Lipinski definition) is 0. The summed E-state index contributed by atoms with van der Waals surface area (Å²) in [6, 6.07) is 7.69. The smallest absolute Gasteiger partial charge is 0.170 e. The van der Waals surface area contributed by atoms with Gasteiger partial charge >= 0.3 is 0 Å². The molecular weight excluding hydrogens is 224 g/mol. The summed E-state index contributed by atoms with van der Waals surface area (Å²) in [7, 11) is 0. The number of hydrogen-bond acceptors (Lipinski definition) is 2. The Morgan fingerprint density at radius 1 is 0.833 bits per heavy atom. The molecule has 0 amide bonds. The van der Waals surface area contributed by atoms with Crippen LogP contribution in [0.4, 0.5) is 0 Å². The van der Waals surface area contributed by atoms with Gasteiger partial charge in [0.15, 0.2) is 23.0 Å². The molecule has 2 nitrogen and oxygen atoms in total. The number of allylic oxidation sites excluding steroid dienone is 4. The standard InChI is InChI=1S/C14H12O2.C2H6/c1-10-6-8-13-14(9-7-10)16-12-5-3-2-4-11(12)15-13;1-2/h2-10H,1H3;1-2H3. The first kappa shape index (κ1) is 12.5. The zero-order chi connectivity index (χ0) is 13.0. The van der Waals surface area contributed by atoms with Crippen LogP contribution in [0.1, 0.15) is 20.8 Å². The first-order valence-corrected chi connectivity index (χ1v) is 6.38. The summed E-state index contributed by atoms with van der Waals surface area (Å²) in [6.07, 6.45) is 8.12. The van der Waals surface area contributed by atoms with Crippen molar-refractivity contribution in [2.45, 2.75) is 20.8 Å². The van der Waals surface area contributed by atoms with Crippen molar-refractivity contribution < 1.29 is 9.47 Å². The van der Waals surface area contributed by atoms with E-state index < -0.39 is 0 Å². The van der Waals surface area contributed by atoms with Crippen LogP contribution in [-0.2, 0) is 0 Å². The molecule has 3 rings (SSSR count). The Kier molecular flexibility index (Phi) is 3.88. The van der Waals surface area contributed by atoms with Crippen LogP contribution in [0.25, 0.3) is 0 Å². The van der Waals surface area contributed by atoms with Gasteiger partial charge in [-0.1, -0.05) is 45.1 Å². The maximum atomic E-state index is 5.78. The third-order valence-corrected chi connectivity index (χ3v) is 2.63. The molecule has 0 N–H and O–H groups in total. The van der Waals surface area contributed by atoms with Crippen molar-refractivity contribution in [3.63, 3.8) is 0 Å². The van der Waals surface area contributed by atoms with Gasteiger partial charge in [0, 0.05) is 0 Å². The Morgan fingerprint density at radius 2 is 1.28 bits per heavy atom. The molecule has 1 aliphatic heterocycles. The van der Waals surface area contributed by atoms with Crippen molar-refractivity contribution in [3.05, 3.63) is 60.1 Å². The van der Waals surface area contributed by atoms with Gasteiger partial charge in [0.05, 0.1) is 0 Å². The second-order valence-corrected chi connectivity index (χ2v) is 3.96. The number of benzene rings is 1. The second-order valence-electron chi connectivity index (χ2n) is 3.96. The Hall–Kier alpha value is -1.96. The van der Waals surface area contributed by atoms with E-state index in [4.69, 9.17) is 9.47 Å². The van der Waals surface area contributed by atoms with Crippen LogP contribution in [0.15, 0.2) is 60.1 Å². The van der Waals surface area contributed by atoms with E-state index in [1.54, 1.807) is 0 Å². The average molecular weight is 242 g/mol. The predicted molar refractivity (Wildman–Crippen MR) is 73.5 cm³/mol. The van der Waals surface area contributed by atoms with Gasteiger partial charge in [-0.3, -0.25) is 0 Å². The van der Waals surface area contributed by atoms with Crippen LogP contribution >= 0.6 is 0 Å². The molecule has 1 aromatic carbocycles. The van der Waals surface area contributed by atoms with Gasteiger partial charge in [0.25, 0.3) is 0 Å². The van der Waals surface area contributed by atoms with Gasteiger partial charge in [0.1, 0.15) is 0 Å². The summed E-state index contributed by atoms with van der Waals surface area (Å²) in [5, 5.41) is 0. The number of fused-ring (bicyclic) bond motifs is 1. The minimum absolute atomic E-state index is 0.404. The van der Waals surface area contributed by atoms with Crippen LogP contribution in [0.3, 0.4) is 0 Å². The maximum Gasteiger partial charge on any atom is 0.170 e. The molecule has 0 aromatic heterocycles. The van der Waals surface area contributed by atoms with Crippen LogP contribution in [0.5, 0.6) is 11.5 Å². The van der Waals surface area contributed by atoms with Crippen LogP contribution in [-0.4, -0.2) is 0 Å². The minimum atomic E-state index is 0.404. The van der Waals surface area contributed by atoms with Crippen molar-refractivity contribution in [1.29, 1.82) is 0 Å². The molecule has 0 atom stereocenters. The lowest BCUT2D eigenvalue weighted by atomic mass is 10.2. The van der Waals surface area contributed by atoms with Gasteiger partial charge in [-0.25, -0.2) is 0 Å². The van der Waals surface area contributed by atoms with Crippen molar-refractivity contribution >= 4 is 0 Å². The summed E-state index contributed by atoms with van der Waals surface area (Å²) in [4.78, 5) is 0. The number of rotatable bonds is 0. The minimum Gasteiger partial charge on any atom is -0.450 e. The summed E-state index contributed by atoms with van der Waals surface area (Å²) < 4.78 is 11.6. The van der Waals surface area contributed by atoms with Crippen molar-refractivity contribution in [3.8, 4) is 11.5 Å². The molecule has 2 aliphatic rings. The Bertz CT molecular complexity index is 465. The van der Waals surface area contributed by atoms with Crippen molar-refractivity contribution in [2.75, 3.05) is 0 Å². The molecule has 18 heavy (non-hydrogen) atoms. The lowest BCUT2D eigenvalue weighted by Crippen LogP contribution is -2.08. The summed E-state index contributed by atoms with van der Waals surface area (Å²) in [5.74, 6) is 3.50. The average Bonchev–Trinajstić information content (AvgIpc) is 2.61. The van der Waals surface area contributed by atoms with E-state index in [0.717, 1.165) is 23.0 Å². The number of para-hydroxylation sites is 2. The molecule has 0 saturated carbocycles. The highest BCUT2D eigenvalue weighted by Gasteiger charge is 2.19. The normalized spacial score (nSPS) is 16.6. The van der Waals surface area contributed by atoms with Gasteiger partial charge in [-0.2, -0.15) is 0 Å². The van der Waals surface area contributed by atoms with Gasteiger partial charge in [0.2, 0.25) is 0 Å². The molecule has 0 fully saturated rings. The Morgan fingerprint density at radius 3 is 1.72 bits per heavy atom. The molecule has 1 heterocycles. The van der Waals surface area contributed by atoms with Crippen molar-refractivity contribution in [1.82, 2.24) is 0 Å². The molecule has 1 aliphatic carbocycles. The van der Waals surface area contributed by atoms with E-state index in [1.165, 1.54) is 0 Å². The molecular formula is C16H18O2. The van der Waals surface area contributed by atoms with Gasteiger partial charge in [-0.05, 0) is 30.2 Å². The first-order chi connectivity index (χ1) is 8.83. The summed E-state index contributed by atoms with van der Waals surface area (Å²) in [6.45, 7) is 6.12. The Labute approximate surface area is 108 Å². The molecule has 1 aromatic rings. The van der Waals surface area contributed by atoms with Crippen LogP contribution in [0.2, 0.25) is 0 Å². The second kappa shape index (κ2) is 5.58. The molecule has 0 radical (unpaired) electrons. The topological polar surface area (TPSA) is 18.5 Å². The van der Waals surface area contributed by atoms with E-state index in [2.05, 4.69) is 19.1 Å². The Balaban J connectivity index is 0.000000574. The van der Waals surface area contributed by atoms with E-state index >= 15 is 0 Å². The lowest BCUT2D eigenvalue weighted by Gasteiger charge is -2.19. The highest BCUT2D eigenvalue weighted by atomic mass is 16.6. The lowest BCUT2D eigenvalue weighted by molar-refractivity contribution is 0.316. The zero-order valence-electron chi connectivity index (χ0n) is 11.0. The molecule has 0 bridgehead atoms. The molecule has 0 unspecified atom stereocenters. The third kappa shape index (κ3) is 2.48. The van der Waals surface area contributed by atoms with E-state index in [-0.39, 0.29) is 0 Å². The van der Waals surface area contributed by atoms with Gasteiger partial charge in [-0.15, -0.1) is 0 Å². The predicted octanol–water partition coefficient (Wildman–Crippen LogP) is 4.46. The van der Waals surface area contributed by atoms with E-state index in [0.29, 0.717) is 5.92 Å². The highest BCUT2D eigenvalue weighted by molar-refractivity contribution is 5.48. The quantitative estimate of drug-likeness (QED) is 0.668. The maximum absolute atomic E-state index is 5.78. The SMILES string of the molecule is CC.CC1C=CC2=C(C=C1)Oc1ccccc1O2.